The summed E-state index contributed by atoms with van der Waals surface area (Å²) in [5.74, 6) is 0.0675. The maximum atomic E-state index is 11.7. The predicted octanol–water partition coefficient (Wildman–Crippen LogP) is 2.87. The smallest absolute Gasteiger partial charge is 0.226 e. The normalized spacial score (nSPS) is 20.7. The van der Waals surface area contributed by atoms with Crippen LogP contribution in [0.2, 0.25) is 4.34 Å². The summed E-state index contributed by atoms with van der Waals surface area (Å²) in [7, 11) is 0. The summed E-state index contributed by atoms with van der Waals surface area (Å²) in [4.78, 5) is 11.7. The van der Waals surface area contributed by atoms with Gasteiger partial charge in [0.25, 0.3) is 0 Å². The predicted molar refractivity (Wildman–Crippen MR) is 68.2 cm³/mol. The molecular formula is C11H15ClN2OS. The Labute approximate surface area is 104 Å². The monoisotopic (exact) mass is 258 g/mol. The molecule has 1 aliphatic heterocycles. The lowest BCUT2D eigenvalue weighted by Gasteiger charge is -2.22. The molecule has 1 aromatic heterocycles. The first kappa shape index (κ1) is 11.9. The van der Waals surface area contributed by atoms with Crippen LogP contribution in [0.4, 0.5) is 5.00 Å². The average Bonchev–Trinajstić information content (AvgIpc) is 2.65. The van der Waals surface area contributed by atoms with Crippen molar-refractivity contribution in [2.24, 2.45) is 0 Å². The molecule has 16 heavy (non-hydrogen) atoms. The number of halogens is 1. The third-order valence-corrected chi connectivity index (χ3v) is 3.83. The zero-order valence-corrected chi connectivity index (χ0v) is 10.5. The van der Waals surface area contributed by atoms with Crippen LogP contribution in [0.5, 0.6) is 0 Å². The second-order valence-electron chi connectivity index (χ2n) is 4.00. The molecule has 5 heteroatoms. The summed E-state index contributed by atoms with van der Waals surface area (Å²) in [5, 5.41) is 7.05. The van der Waals surface area contributed by atoms with Crippen molar-refractivity contribution in [3.8, 4) is 0 Å². The van der Waals surface area contributed by atoms with E-state index in [1.807, 2.05) is 6.07 Å². The molecule has 1 aromatic rings. The first-order valence-corrected chi connectivity index (χ1v) is 6.72. The van der Waals surface area contributed by atoms with Gasteiger partial charge in [-0.2, -0.15) is 0 Å². The highest BCUT2D eigenvalue weighted by atomic mass is 35.5. The Hall–Kier alpha value is -0.580. The van der Waals surface area contributed by atoms with Gasteiger partial charge in [0.2, 0.25) is 5.91 Å². The Morgan fingerprint density at radius 1 is 1.56 bits per heavy atom. The molecular weight excluding hydrogens is 244 g/mol. The quantitative estimate of drug-likeness (QED) is 0.875. The van der Waals surface area contributed by atoms with E-state index < -0.39 is 0 Å². The van der Waals surface area contributed by atoms with Crippen molar-refractivity contribution in [2.45, 2.75) is 31.7 Å². The van der Waals surface area contributed by atoms with Crippen LogP contribution in [0.15, 0.2) is 12.1 Å². The lowest BCUT2D eigenvalue weighted by Crippen LogP contribution is -2.36. The summed E-state index contributed by atoms with van der Waals surface area (Å²) in [6.45, 7) is 1.03. The van der Waals surface area contributed by atoms with Crippen molar-refractivity contribution >= 4 is 33.8 Å². The Morgan fingerprint density at radius 3 is 3.06 bits per heavy atom. The number of nitrogens with one attached hydrogen (secondary N) is 2. The molecule has 3 nitrogen and oxygen atoms in total. The molecule has 0 aromatic carbocycles. The molecule has 0 saturated carbocycles. The first-order chi connectivity index (χ1) is 7.74. The molecule has 1 saturated heterocycles. The van der Waals surface area contributed by atoms with Crippen LogP contribution in [0.25, 0.3) is 0 Å². The molecule has 2 heterocycles. The van der Waals surface area contributed by atoms with E-state index in [4.69, 9.17) is 11.6 Å². The van der Waals surface area contributed by atoms with Crippen LogP contribution in [0, 0.1) is 0 Å². The second-order valence-corrected chi connectivity index (χ2v) is 5.72. The molecule has 1 aliphatic rings. The van der Waals surface area contributed by atoms with E-state index in [2.05, 4.69) is 10.6 Å². The number of carbonyl (C=O) groups is 1. The molecule has 0 radical (unpaired) electrons. The number of amides is 1. The standard InChI is InChI=1S/C11H15ClN2OS/c12-9-4-5-11(16-9)14-10(15)7-8-3-1-2-6-13-8/h4-5,8,13H,1-3,6-7H2,(H,14,15). The highest BCUT2D eigenvalue weighted by Crippen LogP contribution is 2.26. The maximum absolute atomic E-state index is 11.7. The summed E-state index contributed by atoms with van der Waals surface area (Å²) in [5.41, 5.74) is 0. The fraction of sp³-hybridized carbons (Fsp3) is 0.545. The summed E-state index contributed by atoms with van der Waals surface area (Å²) >= 11 is 7.18. The molecule has 1 unspecified atom stereocenters. The molecule has 2 rings (SSSR count). The number of carbonyl (C=O) groups excluding carboxylic acids is 1. The topological polar surface area (TPSA) is 41.1 Å². The van der Waals surface area contributed by atoms with E-state index in [0.29, 0.717) is 16.8 Å². The zero-order chi connectivity index (χ0) is 11.4. The molecule has 1 amide bonds. The number of piperidine rings is 1. The molecule has 0 bridgehead atoms. The van der Waals surface area contributed by atoms with Gasteiger partial charge in [-0.1, -0.05) is 18.0 Å². The van der Waals surface area contributed by atoms with Crippen molar-refractivity contribution in [2.75, 3.05) is 11.9 Å². The van der Waals surface area contributed by atoms with Crippen LogP contribution in [0.1, 0.15) is 25.7 Å². The van der Waals surface area contributed by atoms with Crippen LogP contribution in [-0.2, 0) is 4.79 Å². The van der Waals surface area contributed by atoms with E-state index >= 15 is 0 Å². The largest absolute Gasteiger partial charge is 0.318 e. The Bertz CT molecular complexity index is 361. The highest BCUT2D eigenvalue weighted by Gasteiger charge is 2.16. The van der Waals surface area contributed by atoms with Gasteiger partial charge in [-0.05, 0) is 31.5 Å². The Morgan fingerprint density at radius 2 is 2.44 bits per heavy atom. The number of anilines is 1. The van der Waals surface area contributed by atoms with Crippen molar-refractivity contribution in [3.63, 3.8) is 0 Å². The van der Waals surface area contributed by atoms with Gasteiger partial charge >= 0.3 is 0 Å². The van der Waals surface area contributed by atoms with Gasteiger partial charge in [-0.15, -0.1) is 11.3 Å². The SMILES string of the molecule is O=C(CC1CCCCN1)Nc1ccc(Cl)s1. The van der Waals surface area contributed by atoms with Crippen LogP contribution in [-0.4, -0.2) is 18.5 Å². The van der Waals surface area contributed by atoms with Crippen LogP contribution < -0.4 is 10.6 Å². The fourth-order valence-corrected chi connectivity index (χ4v) is 2.85. The number of thiophene rings is 1. The fourth-order valence-electron chi connectivity index (χ4n) is 1.89. The van der Waals surface area contributed by atoms with Gasteiger partial charge in [0.05, 0.1) is 9.34 Å². The zero-order valence-electron chi connectivity index (χ0n) is 8.96. The molecule has 0 spiro atoms. The Balaban J connectivity index is 1.79. The second kappa shape index (κ2) is 5.66. The summed E-state index contributed by atoms with van der Waals surface area (Å²) < 4.78 is 0.700. The summed E-state index contributed by atoms with van der Waals surface area (Å²) in [6, 6.07) is 3.96. The Kier molecular flexibility index (Phi) is 4.21. The lowest BCUT2D eigenvalue weighted by atomic mass is 10.0. The van der Waals surface area contributed by atoms with Gasteiger partial charge in [0.15, 0.2) is 0 Å². The molecule has 2 N–H and O–H groups in total. The van der Waals surface area contributed by atoms with E-state index in [1.165, 1.54) is 24.2 Å². The van der Waals surface area contributed by atoms with Gasteiger partial charge < -0.3 is 10.6 Å². The lowest BCUT2D eigenvalue weighted by molar-refractivity contribution is -0.116. The van der Waals surface area contributed by atoms with E-state index in [0.717, 1.165) is 18.0 Å². The van der Waals surface area contributed by atoms with E-state index in [-0.39, 0.29) is 5.91 Å². The average molecular weight is 259 g/mol. The van der Waals surface area contributed by atoms with Gasteiger partial charge in [0.1, 0.15) is 0 Å². The number of hydrogen-bond acceptors (Lipinski definition) is 3. The first-order valence-electron chi connectivity index (χ1n) is 5.52. The molecule has 88 valence electrons. The van der Waals surface area contributed by atoms with Gasteiger partial charge in [-0.3, -0.25) is 4.79 Å². The van der Waals surface area contributed by atoms with Crippen LogP contribution >= 0.6 is 22.9 Å². The van der Waals surface area contributed by atoms with Gasteiger partial charge in [0, 0.05) is 12.5 Å². The van der Waals surface area contributed by atoms with Crippen molar-refractivity contribution in [3.05, 3.63) is 16.5 Å². The third-order valence-electron chi connectivity index (χ3n) is 2.68. The number of rotatable bonds is 3. The minimum absolute atomic E-state index is 0.0675. The van der Waals surface area contributed by atoms with Crippen LogP contribution in [0.3, 0.4) is 0 Å². The molecule has 1 fully saturated rings. The summed E-state index contributed by atoms with van der Waals surface area (Å²) in [6.07, 6.45) is 4.09. The van der Waals surface area contributed by atoms with Crippen molar-refractivity contribution in [1.82, 2.24) is 5.32 Å². The number of hydrogen-bond donors (Lipinski definition) is 2. The minimum Gasteiger partial charge on any atom is -0.318 e. The van der Waals surface area contributed by atoms with E-state index in [1.54, 1.807) is 6.07 Å². The minimum atomic E-state index is 0.0675. The highest BCUT2D eigenvalue weighted by molar-refractivity contribution is 7.20. The van der Waals surface area contributed by atoms with Crippen molar-refractivity contribution in [1.29, 1.82) is 0 Å². The third kappa shape index (κ3) is 3.47. The van der Waals surface area contributed by atoms with E-state index in [9.17, 15) is 4.79 Å². The molecule has 0 aliphatic carbocycles. The van der Waals surface area contributed by atoms with Crippen molar-refractivity contribution < 1.29 is 4.79 Å². The molecule has 1 atom stereocenters. The van der Waals surface area contributed by atoms with Gasteiger partial charge in [-0.25, -0.2) is 0 Å². The maximum Gasteiger partial charge on any atom is 0.226 e.